The second kappa shape index (κ2) is 5.52. The van der Waals surface area contributed by atoms with E-state index in [-0.39, 0.29) is 17.9 Å². The number of alkyl halides is 1. The van der Waals surface area contributed by atoms with E-state index in [1.54, 1.807) is 6.92 Å². The topological polar surface area (TPSA) is 66.4 Å². The Morgan fingerprint density at radius 3 is 2.95 bits per heavy atom. The highest BCUT2D eigenvalue weighted by Gasteiger charge is 2.69. The van der Waals surface area contributed by atoms with Gasteiger partial charge in [-0.1, -0.05) is 12.2 Å². The lowest BCUT2D eigenvalue weighted by Gasteiger charge is -2.48. The molecule has 0 aromatic rings. The van der Waals surface area contributed by atoms with E-state index in [9.17, 15) is 14.1 Å². The molecule has 0 bridgehead atoms. The minimum Gasteiger partial charge on any atom is -0.390 e. The number of hydrogen-bond acceptors (Lipinski definition) is 3. The fraction of sp³-hybridized carbons (Fsp3) is 0.667. The van der Waals surface area contributed by atoms with E-state index in [4.69, 9.17) is 11.6 Å². The van der Waals surface area contributed by atoms with Gasteiger partial charge < -0.3 is 10.4 Å². The van der Waals surface area contributed by atoms with E-state index in [0.29, 0.717) is 17.2 Å². The third kappa shape index (κ3) is 1.97. The molecule has 2 aliphatic heterocycles. The molecule has 0 saturated carbocycles. The highest BCUT2D eigenvalue weighted by molar-refractivity contribution is 7.91. The number of rotatable bonds is 4. The van der Waals surface area contributed by atoms with Crippen LogP contribution < -0.4 is 5.32 Å². The van der Waals surface area contributed by atoms with Gasteiger partial charge in [-0.2, -0.15) is 0 Å². The number of carbonyl (C=O) groups is 1. The Labute approximate surface area is 132 Å². The van der Waals surface area contributed by atoms with Crippen molar-refractivity contribution in [2.75, 3.05) is 5.88 Å². The van der Waals surface area contributed by atoms with Crippen molar-refractivity contribution in [2.24, 2.45) is 5.92 Å². The van der Waals surface area contributed by atoms with Crippen molar-refractivity contribution in [1.82, 2.24) is 5.32 Å². The molecule has 6 heteroatoms. The Morgan fingerprint density at radius 2 is 2.38 bits per heavy atom. The predicted molar refractivity (Wildman–Crippen MR) is 83.3 cm³/mol. The molecule has 3 rings (SSSR count). The summed E-state index contributed by atoms with van der Waals surface area (Å²) in [4.78, 5) is 13.0. The van der Waals surface area contributed by atoms with Crippen molar-refractivity contribution < 1.29 is 14.1 Å². The van der Waals surface area contributed by atoms with Crippen LogP contribution in [0, 0.1) is 5.92 Å². The van der Waals surface area contributed by atoms with Crippen LogP contribution in [-0.2, 0) is 15.6 Å². The third-order valence-electron chi connectivity index (χ3n) is 4.95. The van der Waals surface area contributed by atoms with Crippen molar-refractivity contribution in [3.8, 4) is 0 Å². The van der Waals surface area contributed by atoms with Crippen LogP contribution in [0.1, 0.15) is 32.6 Å². The summed E-state index contributed by atoms with van der Waals surface area (Å²) in [6, 6.07) is -0.324. The molecule has 2 unspecified atom stereocenters. The fourth-order valence-corrected chi connectivity index (χ4v) is 5.98. The van der Waals surface area contributed by atoms with Crippen molar-refractivity contribution in [1.29, 1.82) is 0 Å². The molecular formula is C15H20ClNO3S. The number of carbonyl (C=O) groups excluding carboxylic acids is 1. The molecule has 116 valence electrons. The zero-order chi connectivity index (χ0) is 15.2. The number of hydrogen-bond donors (Lipinski definition) is 2. The van der Waals surface area contributed by atoms with Gasteiger partial charge in [-0.25, -0.2) is 0 Å². The standard InChI is InChI=1S/C15H20ClNO3S/c1-9-11(7-8-16)12-15(21(9)20,14(19)17-12)13(18)10-5-3-2-4-6-10/h3,5,10,12-13,18H,2,4,6-8H2,1H3,(H,17,19)/t10?,12-,13-,15-,21?/m0/s1. The molecule has 0 spiro atoms. The van der Waals surface area contributed by atoms with E-state index in [0.717, 1.165) is 24.8 Å². The third-order valence-corrected chi connectivity index (χ3v) is 7.23. The van der Waals surface area contributed by atoms with Crippen LogP contribution in [0.5, 0.6) is 0 Å². The van der Waals surface area contributed by atoms with Crippen molar-refractivity contribution in [3.05, 3.63) is 22.6 Å². The molecule has 1 saturated heterocycles. The molecule has 3 aliphatic rings. The minimum atomic E-state index is -1.48. The number of aliphatic hydroxyl groups is 1. The molecular weight excluding hydrogens is 310 g/mol. The number of halogens is 1. The Balaban J connectivity index is 1.96. The maximum absolute atomic E-state index is 12.8. The predicted octanol–water partition coefficient (Wildman–Crippen LogP) is 1.61. The summed E-state index contributed by atoms with van der Waals surface area (Å²) in [6.07, 6.45) is 6.53. The molecule has 0 aromatic heterocycles. The van der Waals surface area contributed by atoms with Crippen LogP contribution in [0.2, 0.25) is 0 Å². The van der Waals surface area contributed by atoms with Gasteiger partial charge in [0.25, 0.3) is 0 Å². The van der Waals surface area contributed by atoms with Gasteiger partial charge in [0.15, 0.2) is 4.75 Å². The van der Waals surface area contributed by atoms with Crippen molar-refractivity contribution in [3.63, 3.8) is 0 Å². The summed E-state index contributed by atoms with van der Waals surface area (Å²) in [5.41, 5.74) is 0.932. The van der Waals surface area contributed by atoms with Gasteiger partial charge >= 0.3 is 0 Å². The molecule has 2 heterocycles. The van der Waals surface area contributed by atoms with Gasteiger partial charge in [-0.3, -0.25) is 9.00 Å². The Kier molecular flexibility index (Phi) is 4.01. The number of nitrogens with one attached hydrogen (secondary N) is 1. The maximum Gasteiger partial charge on any atom is 0.244 e. The van der Waals surface area contributed by atoms with Gasteiger partial charge in [0.05, 0.1) is 22.9 Å². The lowest BCUT2D eigenvalue weighted by Crippen LogP contribution is -2.78. The monoisotopic (exact) mass is 329 g/mol. The number of allylic oxidation sites excluding steroid dienone is 2. The highest BCUT2D eigenvalue weighted by Crippen LogP contribution is 2.49. The van der Waals surface area contributed by atoms with E-state index in [2.05, 4.69) is 5.32 Å². The van der Waals surface area contributed by atoms with Gasteiger partial charge in [-0.15, -0.1) is 11.6 Å². The molecule has 0 radical (unpaired) electrons. The Morgan fingerprint density at radius 1 is 1.62 bits per heavy atom. The van der Waals surface area contributed by atoms with E-state index in [1.807, 2.05) is 12.2 Å². The number of amides is 1. The first-order valence-electron chi connectivity index (χ1n) is 7.38. The van der Waals surface area contributed by atoms with Crippen molar-refractivity contribution >= 4 is 28.3 Å². The van der Waals surface area contributed by atoms with E-state index >= 15 is 0 Å². The SMILES string of the molecule is CC1=C(CCCl)[C@@H]2NC(=O)[C@]2([C@@H](O)C2C=CCCC2)S1=O. The first-order chi connectivity index (χ1) is 10.0. The smallest absolute Gasteiger partial charge is 0.244 e. The van der Waals surface area contributed by atoms with Gasteiger partial charge in [0, 0.05) is 16.7 Å². The molecule has 1 fully saturated rings. The summed E-state index contributed by atoms with van der Waals surface area (Å²) in [5.74, 6) is 0.0341. The van der Waals surface area contributed by atoms with Gasteiger partial charge in [-0.05, 0) is 38.2 Å². The van der Waals surface area contributed by atoms with E-state index < -0.39 is 21.7 Å². The number of β-lactam (4-membered cyclic amide) rings is 1. The van der Waals surface area contributed by atoms with E-state index in [1.165, 1.54) is 0 Å². The van der Waals surface area contributed by atoms with Gasteiger partial charge in [0.2, 0.25) is 5.91 Å². The molecule has 4 nitrogen and oxygen atoms in total. The Bertz CT molecular complexity index is 559. The quantitative estimate of drug-likeness (QED) is 0.468. The van der Waals surface area contributed by atoms with Crippen molar-refractivity contribution in [2.45, 2.75) is 49.5 Å². The van der Waals surface area contributed by atoms with Gasteiger partial charge in [0.1, 0.15) is 0 Å². The first-order valence-corrected chi connectivity index (χ1v) is 9.06. The average Bonchev–Trinajstić information content (AvgIpc) is 2.66. The summed E-state index contributed by atoms with van der Waals surface area (Å²) in [5, 5.41) is 13.7. The second-order valence-corrected chi connectivity index (χ2v) is 8.16. The minimum absolute atomic E-state index is 0.0978. The normalized spacial score (nSPS) is 39.8. The molecule has 1 amide bonds. The second-order valence-electron chi connectivity index (χ2n) is 5.96. The van der Waals surface area contributed by atoms with Crippen LogP contribution in [0.3, 0.4) is 0 Å². The molecule has 21 heavy (non-hydrogen) atoms. The zero-order valence-electron chi connectivity index (χ0n) is 12.0. The van der Waals surface area contributed by atoms with Crippen LogP contribution in [-0.4, -0.2) is 38.0 Å². The average molecular weight is 330 g/mol. The molecule has 1 aliphatic carbocycles. The molecule has 2 N–H and O–H groups in total. The highest BCUT2D eigenvalue weighted by atomic mass is 35.5. The zero-order valence-corrected chi connectivity index (χ0v) is 13.5. The first kappa shape index (κ1) is 15.3. The largest absolute Gasteiger partial charge is 0.390 e. The summed E-state index contributed by atoms with van der Waals surface area (Å²) in [6.45, 7) is 1.79. The molecule has 0 aromatic carbocycles. The Hall–Kier alpha value is -0.650. The summed E-state index contributed by atoms with van der Waals surface area (Å²) in [7, 11) is -1.48. The summed E-state index contributed by atoms with van der Waals surface area (Å²) < 4.78 is 11.6. The van der Waals surface area contributed by atoms with Crippen LogP contribution in [0.25, 0.3) is 0 Å². The fourth-order valence-electron chi connectivity index (χ4n) is 3.77. The van der Waals surface area contributed by atoms with Crippen LogP contribution in [0.15, 0.2) is 22.6 Å². The van der Waals surface area contributed by atoms with Crippen LogP contribution in [0.4, 0.5) is 0 Å². The number of fused-ring (bicyclic) bond motifs is 1. The lowest BCUT2D eigenvalue weighted by atomic mass is 9.73. The summed E-state index contributed by atoms with van der Waals surface area (Å²) >= 11 is 5.82. The molecule has 5 atom stereocenters. The van der Waals surface area contributed by atoms with Crippen LogP contribution >= 0.6 is 11.6 Å². The maximum atomic E-state index is 12.8. The number of aliphatic hydroxyl groups excluding tert-OH is 1. The lowest BCUT2D eigenvalue weighted by molar-refractivity contribution is -0.137.